The van der Waals surface area contributed by atoms with E-state index in [2.05, 4.69) is 48.6 Å². The maximum absolute atomic E-state index is 13.3. The van der Waals surface area contributed by atoms with Crippen LogP contribution in [0.25, 0.3) is 22.3 Å². The molecule has 1 aliphatic carbocycles. The van der Waals surface area contributed by atoms with Crippen LogP contribution in [0, 0.1) is 0 Å². The summed E-state index contributed by atoms with van der Waals surface area (Å²) in [5, 5.41) is 3.38. The molecule has 1 N–H and O–H groups in total. The molecule has 0 aliphatic heterocycles. The molecular weight excluding hydrogens is 406 g/mol. The fraction of sp³-hybridized carbons (Fsp3) is 0.0667. The van der Waals surface area contributed by atoms with Gasteiger partial charge in [0.05, 0.1) is 11.4 Å². The van der Waals surface area contributed by atoms with Crippen molar-refractivity contribution in [3.63, 3.8) is 0 Å². The molecule has 0 amide bonds. The van der Waals surface area contributed by atoms with Crippen LogP contribution >= 0.6 is 0 Å². The maximum atomic E-state index is 13.3. The predicted octanol–water partition coefficient (Wildman–Crippen LogP) is 6.96. The topological polar surface area (TPSA) is 46.2 Å². The van der Waals surface area contributed by atoms with Crippen LogP contribution in [-0.4, -0.2) is 11.6 Å². The Labute approximate surface area is 193 Å². The first-order valence-corrected chi connectivity index (χ1v) is 11.1. The number of nitrogens with one attached hydrogen (secondary N) is 1. The molecule has 5 rings (SSSR count). The van der Waals surface area contributed by atoms with Gasteiger partial charge in [-0.05, 0) is 35.2 Å². The van der Waals surface area contributed by atoms with Gasteiger partial charge in [0.2, 0.25) is 5.78 Å². The van der Waals surface area contributed by atoms with Gasteiger partial charge in [-0.25, -0.2) is 0 Å². The highest BCUT2D eigenvalue weighted by atomic mass is 16.1. The number of benzene rings is 4. The molecule has 0 spiro atoms. The third kappa shape index (κ3) is 3.90. The molecule has 0 aromatic heterocycles. The highest BCUT2D eigenvalue weighted by Crippen LogP contribution is 2.40. The zero-order valence-electron chi connectivity index (χ0n) is 18.3. The Bertz CT molecular complexity index is 1320. The van der Waals surface area contributed by atoms with Crippen LogP contribution in [0.5, 0.6) is 0 Å². The third-order valence-electron chi connectivity index (χ3n) is 5.99. The third-order valence-corrected chi connectivity index (χ3v) is 5.99. The number of carbonyl (C=O) groups is 2. The molecule has 0 unspecified atom stereocenters. The van der Waals surface area contributed by atoms with E-state index >= 15 is 0 Å². The summed E-state index contributed by atoms with van der Waals surface area (Å²) in [4.78, 5) is 26.1. The molecule has 0 saturated carbocycles. The van der Waals surface area contributed by atoms with Crippen LogP contribution < -0.4 is 5.32 Å². The van der Waals surface area contributed by atoms with Gasteiger partial charge >= 0.3 is 0 Å². The van der Waals surface area contributed by atoms with Crippen LogP contribution in [0.3, 0.4) is 0 Å². The van der Waals surface area contributed by atoms with E-state index in [1.165, 1.54) is 11.6 Å². The zero-order chi connectivity index (χ0) is 22.8. The first kappa shape index (κ1) is 20.7. The van der Waals surface area contributed by atoms with Crippen LogP contribution in [0.15, 0.2) is 109 Å². The first-order chi connectivity index (χ1) is 16.2. The Hall–Kier alpha value is -4.24. The zero-order valence-corrected chi connectivity index (χ0v) is 18.3. The summed E-state index contributed by atoms with van der Waals surface area (Å²) in [6, 6.07) is 31.5. The van der Waals surface area contributed by atoms with E-state index in [0.29, 0.717) is 11.1 Å². The largest absolute Gasteiger partial charge is 0.351 e. The van der Waals surface area contributed by atoms with E-state index < -0.39 is 0 Å². The number of aryl methyl sites for hydroxylation is 1. The summed E-state index contributed by atoms with van der Waals surface area (Å²) in [7, 11) is 0. The summed E-state index contributed by atoms with van der Waals surface area (Å²) in [5.74, 6) is -0.344. The molecule has 0 fully saturated rings. The lowest BCUT2D eigenvalue weighted by Gasteiger charge is -2.22. The molecule has 33 heavy (non-hydrogen) atoms. The number of anilines is 1. The van der Waals surface area contributed by atoms with E-state index in [0.717, 1.165) is 34.4 Å². The summed E-state index contributed by atoms with van der Waals surface area (Å²) < 4.78 is 0. The highest BCUT2D eigenvalue weighted by molar-refractivity contribution is 6.25. The maximum Gasteiger partial charge on any atom is 0.210 e. The minimum atomic E-state index is -0.178. The van der Waals surface area contributed by atoms with E-state index in [9.17, 15) is 9.59 Å². The number of ketones is 2. The smallest absolute Gasteiger partial charge is 0.210 e. The van der Waals surface area contributed by atoms with E-state index in [1.807, 2.05) is 36.4 Å². The monoisotopic (exact) mass is 429 g/mol. The van der Waals surface area contributed by atoms with E-state index in [4.69, 9.17) is 0 Å². The number of rotatable bonds is 5. The summed E-state index contributed by atoms with van der Waals surface area (Å²) in [5.41, 5.74) is 7.26. The second-order valence-corrected chi connectivity index (χ2v) is 8.07. The Balaban J connectivity index is 1.71. The molecule has 0 atom stereocenters. The van der Waals surface area contributed by atoms with Crippen molar-refractivity contribution in [2.45, 2.75) is 13.3 Å². The SMILES string of the molecule is CCc1cc(-c2ccccc2)c(NC2=CC(=O)c3ccccc3C2=O)c(-c2ccccc2)c1. The lowest BCUT2D eigenvalue weighted by Crippen LogP contribution is -2.22. The Kier molecular flexibility index (Phi) is 5.45. The standard InChI is InChI=1S/C30H23NO2/c1-2-20-17-25(21-11-5-3-6-12-21)29(26(18-20)22-13-7-4-8-14-22)31-27-19-28(32)23-15-9-10-16-24(23)30(27)33/h3-19,31H,2H2,1H3. The van der Waals surface area contributed by atoms with Gasteiger partial charge in [0.1, 0.15) is 0 Å². The Morgan fingerprint density at radius 1 is 0.636 bits per heavy atom. The number of allylic oxidation sites excluding steroid dienone is 2. The average molecular weight is 430 g/mol. The second-order valence-electron chi connectivity index (χ2n) is 8.07. The van der Waals surface area contributed by atoms with Gasteiger partial charge < -0.3 is 5.32 Å². The van der Waals surface area contributed by atoms with Gasteiger partial charge in [-0.3, -0.25) is 9.59 Å². The molecule has 1 aliphatic rings. The van der Waals surface area contributed by atoms with Crippen LogP contribution in [0.2, 0.25) is 0 Å². The van der Waals surface area contributed by atoms with Crippen LogP contribution in [-0.2, 0) is 6.42 Å². The highest BCUT2D eigenvalue weighted by Gasteiger charge is 2.26. The molecule has 3 heteroatoms. The molecule has 0 heterocycles. The summed E-state index contributed by atoms with van der Waals surface area (Å²) in [6.07, 6.45) is 2.30. The van der Waals surface area contributed by atoms with Gasteiger partial charge in [0.15, 0.2) is 5.78 Å². The molecule has 0 bridgehead atoms. The van der Waals surface area contributed by atoms with Gasteiger partial charge in [-0.2, -0.15) is 0 Å². The van der Waals surface area contributed by atoms with Crippen molar-refractivity contribution >= 4 is 17.3 Å². The second kappa shape index (κ2) is 8.71. The van der Waals surface area contributed by atoms with Crippen molar-refractivity contribution in [1.29, 1.82) is 0 Å². The van der Waals surface area contributed by atoms with Crippen molar-refractivity contribution in [2.75, 3.05) is 5.32 Å². The quantitative estimate of drug-likeness (QED) is 0.373. The van der Waals surface area contributed by atoms with Crippen molar-refractivity contribution in [1.82, 2.24) is 0 Å². The number of hydrogen-bond acceptors (Lipinski definition) is 3. The minimum Gasteiger partial charge on any atom is -0.351 e. The van der Waals surface area contributed by atoms with Crippen molar-refractivity contribution in [3.8, 4) is 22.3 Å². The molecule has 160 valence electrons. The van der Waals surface area contributed by atoms with Crippen molar-refractivity contribution < 1.29 is 9.59 Å². The van der Waals surface area contributed by atoms with Gasteiger partial charge in [0, 0.05) is 28.3 Å². The molecule has 0 radical (unpaired) electrons. The molecular formula is C30H23NO2. The lowest BCUT2D eigenvalue weighted by molar-refractivity contribution is 0.0985. The van der Waals surface area contributed by atoms with Crippen LogP contribution in [0.4, 0.5) is 5.69 Å². The lowest BCUT2D eigenvalue weighted by atomic mass is 9.90. The van der Waals surface area contributed by atoms with E-state index in [-0.39, 0.29) is 17.3 Å². The summed E-state index contributed by atoms with van der Waals surface area (Å²) >= 11 is 0. The number of hydrogen-bond donors (Lipinski definition) is 1. The average Bonchev–Trinajstić information content (AvgIpc) is 2.88. The fourth-order valence-corrected chi connectivity index (χ4v) is 4.27. The van der Waals surface area contributed by atoms with Gasteiger partial charge in [-0.1, -0.05) is 91.9 Å². The fourth-order valence-electron chi connectivity index (χ4n) is 4.27. The molecule has 4 aromatic rings. The normalized spacial score (nSPS) is 12.8. The molecule has 4 aromatic carbocycles. The minimum absolute atomic E-state index is 0.166. The van der Waals surface area contributed by atoms with Crippen molar-refractivity contribution in [2.24, 2.45) is 0 Å². The van der Waals surface area contributed by atoms with Crippen molar-refractivity contribution in [3.05, 3.63) is 126 Å². The Morgan fingerprint density at radius 2 is 1.15 bits per heavy atom. The van der Waals surface area contributed by atoms with E-state index in [1.54, 1.807) is 24.3 Å². The number of Topliss-reactive ketones (excluding diaryl/α,β-unsaturated/α-hetero) is 1. The number of fused-ring (bicyclic) bond motifs is 1. The summed E-state index contributed by atoms with van der Waals surface area (Å²) in [6.45, 7) is 2.13. The number of carbonyl (C=O) groups excluding carboxylic acids is 2. The Morgan fingerprint density at radius 3 is 1.70 bits per heavy atom. The first-order valence-electron chi connectivity index (χ1n) is 11.1. The van der Waals surface area contributed by atoms with Crippen LogP contribution in [0.1, 0.15) is 33.2 Å². The van der Waals surface area contributed by atoms with Gasteiger partial charge in [0.25, 0.3) is 0 Å². The molecule has 0 saturated heterocycles. The molecule has 3 nitrogen and oxygen atoms in total. The van der Waals surface area contributed by atoms with Gasteiger partial charge in [-0.15, -0.1) is 0 Å². The predicted molar refractivity (Wildman–Crippen MR) is 134 cm³/mol.